The molecule has 0 unspecified atom stereocenters. The summed E-state index contributed by atoms with van der Waals surface area (Å²) in [7, 11) is 3.75. The van der Waals surface area contributed by atoms with Crippen molar-refractivity contribution in [1.29, 1.82) is 0 Å². The molecule has 0 aromatic heterocycles. The zero-order chi connectivity index (χ0) is 6.95. The number of nitrogens with one attached hydrogen (secondary N) is 1. The van der Waals surface area contributed by atoms with Crippen LogP contribution in [0.25, 0.3) is 0 Å². The van der Waals surface area contributed by atoms with Gasteiger partial charge in [-0.3, -0.25) is 0 Å². The van der Waals surface area contributed by atoms with Gasteiger partial charge in [0.1, 0.15) is 0 Å². The first-order valence-corrected chi connectivity index (χ1v) is 2.91. The molecule has 1 nitrogen and oxygen atoms in total. The Labute approximate surface area is 75.0 Å². The van der Waals surface area contributed by atoms with Crippen molar-refractivity contribution in [3.63, 3.8) is 0 Å². The Hall–Kier alpha value is -0.223. The Morgan fingerprint density at radius 1 is 1.00 bits per heavy atom. The predicted octanol–water partition coefficient (Wildman–Crippen LogP) is -1.67. The summed E-state index contributed by atoms with van der Waals surface area (Å²) in [5, 5.41) is 2.75. The third-order valence-corrected chi connectivity index (χ3v) is 0.607. The minimum absolute atomic E-state index is 0. The quantitative estimate of drug-likeness (QED) is 0.326. The molecule has 0 fully saturated rings. The molecule has 50 valence electrons. The number of hydrogen-bond acceptors (Lipinski definition) is 1. The minimum atomic E-state index is 0. The van der Waals surface area contributed by atoms with Crippen LogP contribution in [-0.2, 0) is 0 Å². The smallest absolute Gasteiger partial charge is 0.323 e. The molecule has 1 aromatic carbocycles. The van der Waals surface area contributed by atoms with Crippen molar-refractivity contribution >= 4 is 0 Å². The third-order valence-electron chi connectivity index (χ3n) is 0.607. The van der Waals surface area contributed by atoms with Crippen molar-refractivity contribution in [2.45, 2.75) is 0 Å². The average molecular weight is 129 g/mol. The molecule has 1 rings (SSSR count). The summed E-state index contributed by atoms with van der Waals surface area (Å²) in [6.07, 6.45) is 0. The summed E-state index contributed by atoms with van der Waals surface area (Å²) in [6.45, 7) is 0. The minimum Gasteiger partial charge on any atom is -0.323 e. The number of hydrogen-bond donors (Lipinski definition) is 1. The zero-order valence-corrected chi connectivity index (χ0v) is 6.89. The van der Waals surface area contributed by atoms with Crippen LogP contribution in [0.5, 0.6) is 0 Å². The van der Waals surface area contributed by atoms with Gasteiger partial charge < -0.3 is 5.32 Å². The largest absolute Gasteiger partial charge is 1.00 e. The van der Waals surface area contributed by atoms with Crippen LogP contribution in [0, 0.1) is 6.07 Å². The molecule has 1 aromatic rings. The Morgan fingerprint density at radius 2 is 1.40 bits per heavy atom. The molecule has 0 amide bonds. The number of rotatable bonds is 0. The monoisotopic (exact) mass is 129 g/mol. The molecular weight excluding hydrogens is 117 g/mol. The van der Waals surface area contributed by atoms with E-state index in [4.69, 9.17) is 0 Å². The van der Waals surface area contributed by atoms with E-state index in [1.807, 2.05) is 44.4 Å². The van der Waals surface area contributed by atoms with Gasteiger partial charge in [0, 0.05) is 0 Å². The van der Waals surface area contributed by atoms with Crippen molar-refractivity contribution < 1.29 is 18.9 Å². The van der Waals surface area contributed by atoms with Crippen molar-refractivity contribution in [2.75, 3.05) is 14.1 Å². The standard InChI is InChI=1S/C6H5.C2H7N.Li/c1-2-4-6-5-3-1;1-3-2;/h1-5H;3H,1-2H3;/q-1;;+1. The fraction of sp³-hybridized carbons (Fsp3) is 0.250. The Bertz CT molecular complexity index is 92.1. The van der Waals surface area contributed by atoms with Crippen LogP contribution in [0.1, 0.15) is 0 Å². The maximum absolute atomic E-state index is 2.89. The second-order valence-corrected chi connectivity index (χ2v) is 1.58. The molecule has 0 bridgehead atoms. The maximum atomic E-state index is 2.89. The van der Waals surface area contributed by atoms with Crippen molar-refractivity contribution in [2.24, 2.45) is 0 Å². The van der Waals surface area contributed by atoms with Crippen LogP contribution in [0.3, 0.4) is 0 Å². The molecule has 0 spiro atoms. The van der Waals surface area contributed by atoms with E-state index in [0.29, 0.717) is 0 Å². The van der Waals surface area contributed by atoms with Gasteiger partial charge in [0.05, 0.1) is 0 Å². The first-order valence-electron chi connectivity index (χ1n) is 2.91. The zero-order valence-electron chi connectivity index (χ0n) is 6.89. The van der Waals surface area contributed by atoms with E-state index in [-0.39, 0.29) is 18.9 Å². The Balaban J connectivity index is 0. The molecule has 0 saturated heterocycles. The molecule has 2 heteroatoms. The molecule has 0 heterocycles. The van der Waals surface area contributed by atoms with E-state index in [1.165, 1.54) is 0 Å². The van der Waals surface area contributed by atoms with E-state index in [0.717, 1.165) is 0 Å². The van der Waals surface area contributed by atoms with Crippen LogP contribution in [0.15, 0.2) is 30.3 Å². The van der Waals surface area contributed by atoms with Crippen LogP contribution in [0.4, 0.5) is 0 Å². The van der Waals surface area contributed by atoms with Crippen molar-refractivity contribution in [1.82, 2.24) is 5.32 Å². The molecule has 1 N–H and O–H groups in total. The van der Waals surface area contributed by atoms with Gasteiger partial charge in [-0.2, -0.15) is 36.4 Å². The van der Waals surface area contributed by atoms with Gasteiger partial charge in [0.25, 0.3) is 0 Å². The summed E-state index contributed by atoms with van der Waals surface area (Å²) in [6, 6.07) is 12.5. The first-order chi connectivity index (χ1) is 4.41. The second-order valence-electron chi connectivity index (χ2n) is 1.58. The van der Waals surface area contributed by atoms with Gasteiger partial charge >= 0.3 is 18.9 Å². The topological polar surface area (TPSA) is 12.0 Å². The summed E-state index contributed by atoms with van der Waals surface area (Å²) in [4.78, 5) is 0. The maximum Gasteiger partial charge on any atom is 1.00 e. The predicted molar refractivity (Wildman–Crippen MR) is 40.3 cm³/mol. The molecular formula is C8H12LiN. The molecule has 10 heavy (non-hydrogen) atoms. The van der Waals surface area contributed by atoms with Gasteiger partial charge in [-0.1, -0.05) is 0 Å². The van der Waals surface area contributed by atoms with Crippen LogP contribution in [-0.4, -0.2) is 14.1 Å². The van der Waals surface area contributed by atoms with E-state index in [2.05, 4.69) is 11.4 Å². The van der Waals surface area contributed by atoms with E-state index >= 15 is 0 Å². The third kappa shape index (κ3) is 10.7. The van der Waals surface area contributed by atoms with Gasteiger partial charge in [0.15, 0.2) is 0 Å². The van der Waals surface area contributed by atoms with Gasteiger partial charge in [-0.15, -0.1) is 0 Å². The van der Waals surface area contributed by atoms with Crippen LogP contribution < -0.4 is 24.2 Å². The van der Waals surface area contributed by atoms with Gasteiger partial charge in [0.2, 0.25) is 0 Å². The fourth-order valence-corrected chi connectivity index (χ4v) is 0.342. The first kappa shape index (κ1) is 12.5. The van der Waals surface area contributed by atoms with E-state index < -0.39 is 0 Å². The molecule has 0 radical (unpaired) electrons. The van der Waals surface area contributed by atoms with Crippen molar-refractivity contribution in [3.8, 4) is 0 Å². The summed E-state index contributed by atoms with van der Waals surface area (Å²) >= 11 is 0. The summed E-state index contributed by atoms with van der Waals surface area (Å²) < 4.78 is 0. The van der Waals surface area contributed by atoms with Gasteiger partial charge in [-0.25, -0.2) is 0 Å². The Kier molecular flexibility index (Phi) is 14.4. The number of benzene rings is 1. The van der Waals surface area contributed by atoms with Crippen molar-refractivity contribution in [3.05, 3.63) is 36.4 Å². The average Bonchev–Trinajstić information content (AvgIpc) is 1.93. The summed E-state index contributed by atoms with van der Waals surface area (Å²) in [5.41, 5.74) is 0. The van der Waals surface area contributed by atoms with Crippen LogP contribution >= 0.6 is 0 Å². The SMILES string of the molecule is CNC.[Li+].[c-]1ccccc1. The molecule has 0 atom stereocenters. The second kappa shape index (κ2) is 11.6. The van der Waals surface area contributed by atoms with E-state index in [9.17, 15) is 0 Å². The molecule has 0 saturated carbocycles. The molecule has 0 aliphatic rings. The summed E-state index contributed by atoms with van der Waals surface area (Å²) in [5.74, 6) is 0. The fourth-order valence-electron chi connectivity index (χ4n) is 0.342. The normalized spacial score (nSPS) is 6.60. The van der Waals surface area contributed by atoms with Crippen LogP contribution in [0.2, 0.25) is 0 Å². The Morgan fingerprint density at radius 3 is 1.50 bits per heavy atom. The van der Waals surface area contributed by atoms with E-state index in [1.54, 1.807) is 0 Å². The van der Waals surface area contributed by atoms with Gasteiger partial charge in [-0.05, 0) is 14.1 Å². The molecule has 0 aliphatic heterocycles. The molecule has 0 aliphatic carbocycles.